The molecule has 2 aliphatic rings. The zero-order valence-corrected chi connectivity index (χ0v) is 11.4. The van der Waals surface area contributed by atoms with Crippen molar-refractivity contribution in [2.75, 3.05) is 11.9 Å². The van der Waals surface area contributed by atoms with E-state index in [9.17, 15) is 0 Å². The van der Waals surface area contributed by atoms with Crippen molar-refractivity contribution in [3.05, 3.63) is 54.9 Å². The summed E-state index contributed by atoms with van der Waals surface area (Å²) >= 11 is 0. The van der Waals surface area contributed by atoms with Gasteiger partial charge in [-0.2, -0.15) is 5.10 Å². The quantitative estimate of drug-likeness (QED) is 0.857. The third kappa shape index (κ3) is 2.13. The van der Waals surface area contributed by atoms with E-state index in [1.54, 1.807) is 6.20 Å². The Balaban J connectivity index is 1.39. The second-order valence-corrected chi connectivity index (χ2v) is 5.92. The molecule has 1 aromatic heterocycles. The average molecular weight is 265 g/mol. The standard InChI is InChI=1S/C17H19N3/c1-8-19-20(9-1)17-6-4-16(5-7-17)18-12-15-11-13-2-3-14(15)10-13/h1-9,13-15,18H,10-12H2. The van der Waals surface area contributed by atoms with Crippen molar-refractivity contribution in [2.24, 2.45) is 17.8 Å². The molecule has 3 unspecified atom stereocenters. The number of hydrogen-bond acceptors (Lipinski definition) is 2. The Hall–Kier alpha value is -2.03. The number of anilines is 1. The SMILES string of the molecule is C1=CC2CC1CC2CNc1ccc(-n2cccn2)cc1. The summed E-state index contributed by atoms with van der Waals surface area (Å²) in [6.45, 7) is 1.09. The highest BCUT2D eigenvalue weighted by atomic mass is 15.3. The summed E-state index contributed by atoms with van der Waals surface area (Å²) in [5, 5.41) is 7.82. The first-order valence-electron chi connectivity index (χ1n) is 7.41. The van der Waals surface area contributed by atoms with Gasteiger partial charge in [-0.1, -0.05) is 12.2 Å². The fourth-order valence-electron chi connectivity index (χ4n) is 3.53. The molecule has 2 bridgehead atoms. The molecule has 0 spiro atoms. The first kappa shape index (κ1) is 11.8. The zero-order chi connectivity index (χ0) is 13.4. The highest BCUT2D eigenvalue weighted by molar-refractivity contribution is 5.48. The van der Waals surface area contributed by atoms with Crippen LogP contribution < -0.4 is 5.32 Å². The van der Waals surface area contributed by atoms with Crippen LogP contribution in [-0.4, -0.2) is 16.3 Å². The minimum atomic E-state index is 0.816. The van der Waals surface area contributed by atoms with E-state index in [0.717, 1.165) is 30.0 Å². The molecule has 2 aromatic rings. The summed E-state index contributed by atoms with van der Waals surface area (Å²) in [6.07, 6.45) is 11.3. The van der Waals surface area contributed by atoms with Gasteiger partial charge in [0.1, 0.15) is 0 Å². The van der Waals surface area contributed by atoms with Gasteiger partial charge in [0.15, 0.2) is 0 Å². The minimum absolute atomic E-state index is 0.816. The van der Waals surface area contributed by atoms with E-state index >= 15 is 0 Å². The van der Waals surface area contributed by atoms with Crippen molar-refractivity contribution in [1.82, 2.24) is 9.78 Å². The molecule has 0 radical (unpaired) electrons. The predicted molar refractivity (Wildman–Crippen MR) is 80.9 cm³/mol. The summed E-state index contributed by atoms with van der Waals surface area (Å²) in [5.74, 6) is 2.49. The lowest BCUT2D eigenvalue weighted by Crippen LogP contribution is -2.18. The Kier molecular flexibility index (Phi) is 2.84. The molecule has 0 aliphatic heterocycles. The van der Waals surface area contributed by atoms with Gasteiger partial charge in [0.05, 0.1) is 5.69 Å². The van der Waals surface area contributed by atoms with Gasteiger partial charge in [0.2, 0.25) is 0 Å². The van der Waals surface area contributed by atoms with Crippen molar-refractivity contribution in [3.63, 3.8) is 0 Å². The van der Waals surface area contributed by atoms with Gasteiger partial charge in [0, 0.05) is 24.6 Å². The molecule has 1 heterocycles. The normalized spacial score (nSPS) is 27.1. The zero-order valence-electron chi connectivity index (χ0n) is 11.4. The molecule has 4 rings (SSSR count). The molecule has 1 saturated carbocycles. The smallest absolute Gasteiger partial charge is 0.0647 e. The van der Waals surface area contributed by atoms with Crippen LogP contribution in [0, 0.1) is 17.8 Å². The number of nitrogens with one attached hydrogen (secondary N) is 1. The van der Waals surface area contributed by atoms with Crippen molar-refractivity contribution in [1.29, 1.82) is 0 Å². The van der Waals surface area contributed by atoms with Crippen LogP contribution in [-0.2, 0) is 0 Å². The first-order valence-corrected chi connectivity index (χ1v) is 7.41. The molecule has 1 fully saturated rings. The lowest BCUT2D eigenvalue weighted by Gasteiger charge is -2.19. The topological polar surface area (TPSA) is 29.9 Å². The van der Waals surface area contributed by atoms with Gasteiger partial charge in [-0.15, -0.1) is 0 Å². The predicted octanol–water partition coefficient (Wildman–Crippen LogP) is 3.50. The van der Waals surface area contributed by atoms with E-state index in [1.165, 1.54) is 18.5 Å². The van der Waals surface area contributed by atoms with Gasteiger partial charge in [-0.05, 0) is 60.9 Å². The number of hydrogen-bond donors (Lipinski definition) is 1. The van der Waals surface area contributed by atoms with Crippen molar-refractivity contribution in [3.8, 4) is 5.69 Å². The van der Waals surface area contributed by atoms with Crippen LogP contribution in [0.2, 0.25) is 0 Å². The van der Waals surface area contributed by atoms with Crippen LogP contribution in [0.1, 0.15) is 12.8 Å². The van der Waals surface area contributed by atoms with Crippen LogP contribution in [0.4, 0.5) is 5.69 Å². The Morgan fingerprint density at radius 3 is 2.70 bits per heavy atom. The maximum atomic E-state index is 4.24. The molecule has 3 atom stereocenters. The third-order valence-electron chi connectivity index (χ3n) is 4.62. The monoisotopic (exact) mass is 265 g/mol. The Morgan fingerprint density at radius 2 is 2.05 bits per heavy atom. The summed E-state index contributed by atoms with van der Waals surface area (Å²) in [4.78, 5) is 0. The highest BCUT2D eigenvalue weighted by Gasteiger charge is 2.35. The number of benzene rings is 1. The lowest BCUT2D eigenvalue weighted by atomic mass is 9.93. The van der Waals surface area contributed by atoms with Crippen molar-refractivity contribution in [2.45, 2.75) is 12.8 Å². The molecule has 0 saturated heterocycles. The largest absolute Gasteiger partial charge is 0.385 e. The molecule has 102 valence electrons. The molecule has 0 amide bonds. The maximum Gasteiger partial charge on any atom is 0.0647 e. The molecule has 1 aromatic carbocycles. The van der Waals surface area contributed by atoms with E-state index in [2.05, 4.69) is 46.8 Å². The van der Waals surface area contributed by atoms with Crippen LogP contribution in [0.3, 0.4) is 0 Å². The Morgan fingerprint density at radius 1 is 1.15 bits per heavy atom. The average Bonchev–Trinajstić information content (AvgIpc) is 3.22. The molecule has 3 heteroatoms. The van der Waals surface area contributed by atoms with Crippen LogP contribution in [0.15, 0.2) is 54.9 Å². The first-order chi connectivity index (χ1) is 9.88. The van der Waals surface area contributed by atoms with Crippen LogP contribution in [0.5, 0.6) is 0 Å². The van der Waals surface area contributed by atoms with E-state index in [-0.39, 0.29) is 0 Å². The van der Waals surface area contributed by atoms with Crippen LogP contribution >= 0.6 is 0 Å². The molecular formula is C17H19N3. The number of allylic oxidation sites excluding steroid dienone is 2. The fourth-order valence-corrected chi connectivity index (χ4v) is 3.53. The van der Waals surface area contributed by atoms with Gasteiger partial charge in [-0.3, -0.25) is 0 Å². The summed E-state index contributed by atoms with van der Waals surface area (Å²) < 4.78 is 1.88. The minimum Gasteiger partial charge on any atom is -0.385 e. The van der Waals surface area contributed by atoms with Gasteiger partial charge >= 0.3 is 0 Å². The van der Waals surface area contributed by atoms with E-state index in [4.69, 9.17) is 0 Å². The van der Waals surface area contributed by atoms with E-state index < -0.39 is 0 Å². The highest BCUT2D eigenvalue weighted by Crippen LogP contribution is 2.43. The van der Waals surface area contributed by atoms with Crippen molar-refractivity contribution >= 4 is 5.69 Å². The number of aromatic nitrogens is 2. The third-order valence-corrected chi connectivity index (χ3v) is 4.62. The second-order valence-electron chi connectivity index (χ2n) is 5.92. The number of fused-ring (bicyclic) bond motifs is 2. The Labute approximate surface area is 119 Å². The van der Waals surface area contributed by atoms with E-state index in [1.807, 2.05) is 16.9 Å². The van der Waals surface area contributed by atoms with Crippen molar-refractivity contribution < 1.29 is 0 Å². The molecule has 1 N–H and O–H groups in total. The van der Waals surface area contributed by atoms with Gasteiger partial charge in [0.25, 0.3) is 0 Å². The Bertz CT molecular complexity index is 598. The second kappa shape index (κ2) is 4.82. The summed E-state index contributed by atoms with van der Waals surface area (Å²) in [6, 6.07) is 10.4. The van der Waals surface area contributed by atoms with E-state index in [0.29, 0.717) is 0 Å². The molecule has 20 heavy (non-hydrogen) atoms. The van der Waals surface area contributed by atoms with Crippen LogP contribution in [0.25, 0.3) is 5.69 Å². The fraction of sp³-hybridized carbons (Fsp3) is 0.353. The van der Waals surface area contributed by atoms with Gasteiger partial charge in [-0.25, -0.2) is 4.68 Å². The number of nitrogens with zero attached hydrogens (tertiary/aromatic N) is 2. The molecule has 3 nitrogen and oxygen atoms in total. The van der Waals surface area contributed by atoms with Gasteiger partial charge < -0.3 is 5.32 Å². The summed E-state index contributed by atoms with van der Waals surface area (Å²) in [5.41, 5.74) is 2.30. The number of rotatable bonds is 4. The molecular weight excluding hydrogens is 246 g/mol. The summed E-state index contributed by atoms with van der Waals surface area (Å²) in [7, 11) is 0. The lowest BCUT2D eigenvalue weighted by molar-refractivity contribution is 0.472. The molecule has 2 aliphatic carbocycles. The maximum absolute atomic E-state index is 4.24.